The van der Waals surface area contributed by atoms with Gasteiger partial charge in [0.25, 0.3) is 0 Å². The lowest BCUT2D eigenvalue weighted by atomic mass is 10.5. The Hall–Kier alpha value is -0.370. The second-order valence-electron chi connectivity index (χ2n) is 1.81. The third-order valence-corrected chi connectivity index (χ3v) is 2.09. The lowest BCUT2D eigenvalue weighted by Crippen LogP contribution is -1.76. The van der Waals surface area contributed by atoms with E-state index >= 15 is 0 Å². The molecule has 0 aromatic carbocycles. The van der Waals surface area contributed by atoms with Crippen molar-refractivity contribution in [1.82, 2.24) is 0 Å². The van der Waals surface area contributed by atoms with E-state index in [1.54, 1.807) is 6.08 Å². The van der Waals surface area contributed by atoms with Gasteiger partial charge in [0.1, 0.15) is 0 Å². The van der Waals surface area contributed by atoms with E-state index in [4.69, 9.17) is 9.79 Å². The SMILES string of the molecule is O=P(O)(O)C1=CCC=C1. The van der Waals surface area contributed by atoms with Crippen molar-refractivity contribution in [3.63, 3.8) is 0 Å². The molecule has 0 radical (unpaired) electrons. The third kappa shape index (κ3) is 1.52. The van der Waals surface area contributed by atoms with E-state index in [0.717, 1.165) is 0 Å². The van der Waals surface area contributed by atoms with Gasteiger partial charge in [0, 0.05) is 0 Å². The van der Waals surface area contributed by atoms with Crippen LogP contribution >= 0.6 is 7.60 Å². The monoisotopic (exact) mass is 146 g/mol. The molecule has 0 amide bonds. The predicted octanol–water partition coefficient (Wildman–Crippen LogP) is 1.01. The van der Waals surface area contributed by atoms with Crippen molar-refractivity contribution in [3.05, 3.63) is 23.5 Å². The first kappa shape index (κ1) is 6.75. The van der Waals surface area contributed by atoms with Crippen LogP contribution in [0.1, 0.15) is 6.42 Å². The number of hydrogen-bond donors (Lipinski definition) is 2. The maximum Gasteiger partial charge on any atom is 0.355 e. The van der Waals surface area contributed by atoms with Crippen molar-refractivity contribution in [2.45, 2.75) is 6.42 Å². The zero-order valence-corrected chi connectivity index (χ0v) is 5.58. The van der Waals surface area contributed by atoms with Crippen LogP contribution in [0.15, 0.2) is 23.5 Å². The smallest absolute Gasteiger partial charge is 0.321 e. The van der Waals surface area contributed by atoms with Gasteiger partial charge in [-0.3, -0.25) is 4.57 Å². The van der Waals surface area contributed by atoms with Gasteiger partial charge in [0.15, 0.2) is 0 Å². The summed E-state index contributed by atoms with van der Waals surface area (Å²) in [7, 11) is -3.94. The first-order chi connectivity index (χ1) is 4.11. The van der Waals surface area contributed by atoms with E-state index < -0.39 is 7.60 Å². The highest BCUT2D eigenvalue weighted by atomic mass is 31.2. The van der Waals surface area contributed by atoms with Crippen LogP contribution in [0.4, 0.5) is 0 Å². The Morgan fingerprint density at radius 2 is 2.22 bits per heavy atom. The lowest BCUT2D eigenvalue weighted by molar-refractivity contribution is 0.383. The molecule has 1 rings (SSSR count). The fraction of sp³-hybridized carbons (Fsp3) is 0.200. The van der Waals surface area contributed by atoms with Crippen LogP contribution in [0.3, 0.4) is 0 Å². The maximum absolute atomic E-state index is 10.4. The van der Waals surface area contributed by atoms with Crippen LogP contribution < -0.4 is 0 Å². The molecule has 1 aliphatic rings. The molecule has 1 aliphatic carbocycles. The van der Waals surface area contributed by atoms with Crippen LogP contribution in [-0.4, -0.2) is 9.79 Å². The van der Waals surface area contributed by atoms with E-state index in [-0.39, 0.29) is 5.31 Å². The molecular weight excluding hydrogens is 139 g/mol. The molecular formula is C5H7O3P. The normalized spacial score (nSPS) is 18.2. The van der Waals surface area contributed by atoms with Crippen molar-refractivity contribution in [2.24, 2.45) is 0 Å². The van der Waals surface area contributed by atoms with E-state index in [9.17, 15) is 4.57 Å². The predicted molar refractivity (Wildman–Crippen MR) is 33.9 cm³/mol. The Balaban J connectivity index is 2.86. The molecule has 2 N–H and O–H groups in total. The van der Waals surface area contributed by atoms with Gasteiger partial charge in [-0.1, -0.05) is 18.2 Å². The Bertz CT molecular complexity index is 210. The molecule has 0 aromatic rings. The van der Waals surface area contributed by atoms with Crippen molar-refractivity contribution in [3.8, 4) is 0 Å². The maximum atomic E-state index is 10.4. The van der Waals surface area contributed by atoms with E-state index in [1.165, 1.54) is 12.2 Å². The Kier molecular flexibility index (Phi) is 1.58. The van der Waals surface area contributed by atoms with Crippen LogP contribution in [0, 0.1) is 0 Å². The molecule has 0 saturated carbocycles. The topological polar surface area (TPSA) is 57.5 Å². The summed E-state index contributed by atoms with van der Waals surface area (Å²) in [6, 6.07) is 0. The molecule has 0 fully saturated rings. The molecule has 0 atom stereocenters. The molecule has 3 nitrogen and oxygen atoms in total. The summed E-state index contributed by atoms with van der Waals surface area (Å²) in [6.07, 6.45) is 5.34. The molecule has 50 valence electrons. The number of hydrogen-bond acceptors (Lipinski definition) is 1. The Morgan fingerprint density at radius 1 is 1.56 bits per heavy atom. The van der Waals surface area contributed by atoms with Crippen LogP contribution in [0.5, 0.6) is 0 Å². The fourth-order valence-corrected chi connectivity index (χ4v) is 1.30. The minimum absolute atomic E-state index is 0.141. The first-order valence-corrected chi connectivity index (χ1v) is 4.15. The van der Waals surface area contributed by atoms with Gasteiger partial charge >= 0.3 is 7.60 Å². The molecule has 0 heterocycles. The Morgan fingerprint density at radius 3 is 2.44 bits per heavy atom. The average Bonchev–Trinajstić information content (AvgIpc) is 2.08. The van der Waals surface area contributed by atoms with Crippen molar-refractivity contribution in [2.75, 3.05) is 0 Å². The second-order valence-corrected chi connectivity index (χ2v) is 3.42. The first-order valence-electron chi connectivity index (χ1n) is 2.53. The highest BCUT2D eigenvalue weighted by molar-refractivity contribution is 7.56. The van der Waals surface area contributed by atoms with E-state index in [1.807, 2.05) is 0 Å². The van der Waals surface area contributed by atoms with Crippen molar-refractivity contribution < 1.29 is 14.4 Å². The summed E-state index contributed by atoms with van der Waals surface area (Å²) < 4.78 is 10.4. The van der Waals surface area contributed by atoms with Crippen LogP contribution in [-0.2, 0) is 4.57 Å². The van der Waals surface area contributed by atoms with Gasteiger partial charge in [0.2, 0.25) is 0 Å². The lowest BCUT2D eigenvalue weighted by Gasteiger charge is -1.99. The molecule has 0 unspecified atom stereocenters. The molecule has 0 aromatic heterocycles. The highest BCUT2D eigenvalue weighted by Gasteiger charge is 2.18. The zero-order valence-electron chi connectivity index (χ0n) is 4.69. The zero-order chi connectivity index (χ0) is 6.91. The average molecular weight is 146 g/mol. The minimum atomic E-state index is -3.94. The van der Waals surface area contributed by atoms with Gasteiger partial charge in [-0.25, -0.2) is 0 Å². The Labute approximate surface area is 52.9 Å². The van der Waals surface area contributed by atoms with Gasteiger partial charge in [-0.2, -0.15) is 0 Å². The molecule has 0 spiro atoms. The quantitative estimate of drug-likeness (QED) is 0.542. The van der Waals surface area contributed by atoms with Crippen LogP contribution in [0.2, 0.25) is 0 Å². The summed E-state index contributed by atoms with van der Waals surface area (Å²) in [6.45, 7) is 0. The van der Waals surface area contributed by atoms with E-state index in [2.05, 4.69) is 0 Å². The fourth-order valence-electron chi connectivity index (χ4n) is 0.662. The molecule has 0 saturated heterocycles. The number of rotatable bonds is 1. The molecule has 0 aliphatic heterocycles. The third-order valence-electron chi connectivity index (χ3n) is 1.09. The summed E-state index contributed by atoms with van der Waals surface area (Å²) in [5.74, 6) is 0. The van der Waals surface area contributed by atoms with Gasteiger partial charge < -0.3 is 9.79 Å². The number of allylic oxidation sites excluding steroid dienone is 4. The van der Waals surface area contributed by atoms with Crippen molar-refractivity contribution >= 4 is 7.60 Å². The minimum Gasteiger partial charge on any atom is -0.321 e. The molecule has 4 heteroatoms. The summed E-state index contributed by atoms with van der Waals surface area (Å²) in [5.41, 5.74) is 0. The summed E-state index contributed by atoms with van der Waals surface area (Å²) in [5, 5.41) is 0.141. The molecule has 9 heavy (non-hydrogen) atoms. The van der Waals surface area contributed by atoms with Crippen LogP contribution in [0.25, 0.3) is 0 Å². The summed E-state index contributed by atoms with van der Waals surface area (Å²) >= 11 is 0. The van der Waals surface area contributed by atoms with Gasteiger partial charge in [0.05, 0.1) is 5.31 Å². The largest absolute Gasteiger partial charge is 0.355 e. The second kappa shape index (κ2) is 2.10. The van der Waals surface area contributed by atoms with Gasteiger partial charge in [-0.15, -0.1) is 0 Å². The van der Waals surface area contributed by atoms with Gasteiger partial charge in [-0.05, 0) is 6.42 Å². The molecule has 0 bridgehead atoms. The summed E-state index contributed by atoms with van der Waals surface area (Å²) in [4.78, 5) is 17.0. The highest BCUT2D eigenvalue weighted by Crippen LogP contribution is 2.47. The van der Waals surface area contributed by atoms with Crippen molar-refractivity contribution in [1.29, 1.82) is 0 Å². The van der Waals surface area contributed by atoms with E-state index in [0.29, 0.717) is 6.42 Å². The standard InChI is InChI=1S/C5H7O3P/c6-9(7,8)5-3-1-2-4-5/h1,3-4H,2H2,(H2,6,7,8).